The number of anilines is 1. The maximum atomic E-state index is 13.0. The molecule has 1 heterocycles. The number of nitrogens with one attached hydrogen (secondary N) is 1. The quantitative estimate of drug-likeness (QED) is 0.910. The lowest BCUT2D eigenvalue weighted by atomic mass is 10.1. The Balaban J connectivity index is 1.93. The van der Waals surface area contributed by atoms with Crippen LogP contribution in [0.4, 0.5) is 10.1 Å². The number of hydrogen-bond acceptors (Lipinski definition) is 3. The van der Waals surface area contributed by atoms with Gasteiger partial charge in [-0.2, -0.15) is 0 Å². The van der Waals surface area contributed by atoms with Gasteiger partial charge in [0.1, 0.15) is 5.82 Å². The molecule has 0 spiro atoms. The van der Waals surface area contributed by atoms with E-state index < -0.39 is 15.7 Å². The molecule has 1 amide bonds. The molecule has 19 heavy (non-hydrogen) atoms. The molecule has 1 aliphatic heterocycles. The smallest absolute Gasteiger partial charge is 0.224 e. The van der Waals surface area contributed by atoms with Crippen LogP contribution in [0.25, 0.3) is 0 Å². The number of benzene rings is 1. The molecule has 104 valence electrons. The number of sulfone groups is 1. The molecule has 0 aliphatic carbocycles. The number of amides is 1. The fourth-order valence-electron chi connectivity index (χ4n) is 2.08. The summed E-state index contributed by atoms with van der Waals surface area (Å²) in [5.41, 5.74) is 0.485. The van der Waals surface area contributed by atoms with Gasteiger partial charge in [0.25, 0.3) is 0 Å². The highest BCUT2D eigenvalue weighted by atomic mass is 79.9. The summed E-state index contributed by atoms with van der Waals surface area (Å²) in [7, 11) is -2.96. The molecule has 7 heteroatoms. The van der Waals surface area contributed by atoms with Crippen molar-refractivity contribution in [2.24, 2.45) is 5.92 Å². The minimum Gasteiger partial charge on any atom is -0.326 e. The van der Waals surface area contributed by atoms with E-state index >= 15 is 0 Å². The van der Waals surface area contributed by atoms with E-state index in [-0.39, 0.29) is 34.2 Å². The van der Waals surface area contributed by atoms with Crippen LogP contribution in [0.1, 0.15) is 12.8 Å². The topological polar surface area (TPSA) is 63.2 Å². The average molecular weight is 350 g/mol. The molecule has 1 N–H and O–H groups in total. The summed E-state index contributed by atoms with van der Waals surface area (Å²) >= 11 is 3.03. The van der Waals surface area contributed by atoms with Crippen LogP contribution in [0.2, 0.25) is 0 Å². The van der Waals surface area contributed by atoms with E-state index in [1.165, 1.54) is 18.2 Å². The van der Waals surface area contributed by atoms with Gasteiger partial charge in [-0.05, 0) is 46.5 Å². The summed E-state index contributed by atoms with van der Waals surface area (Å²) in [6.45, 7) is 0. The maximum absolute atomic E-state index is 13.0. The maximum Gasteiger partial charge on any atom is 0.224 e. The highest BCUT2D eigenvalue weighted by Crippen LogP contribution is 2.23. The van der Waals surface area contributed by atoms with Gasteiger partial charge in [0, 0.05) is 12.1 Å². The van der Waals surface area contributed by atoms with Gasteiger partial charge in [0.15, 0.2) is 9.84 Å². The van der Waals surface area contributed by atoms with Crippen molar-refractivity contribution in [2.75, 3.05) is 16.8 Å². The third kappa shape index (κ3) is 4.01. The van der Waals surface area contributed by atoms with Crippen molar-refractivity contribution in [3.05, 3.63) is 28.5 Å². The number of rotatable bonds is 3. The van der Waals surface area contributed by atoms with Gasteiger partial charge in [-0.25, -0.2) is 12.8 Å². The van der Waals surface area contributed by atoms with E-state index in [2.05, 4.69) is 21.2 Å². The van der Waals surface area contributed by atoms with Crippen LogP contribution >= 0.6 is 15.9 Å². The highest BCUT2D eigenvalue weighted by Gasteiger charge is 2.29. The van der Waals surface area contributed by atoms with Crippen LogP contribution in [0.3, 0.4) is 0 Å². The molecular formula is C12H13BrFNO3S. The monoisotopic (exact) mass is 349 g/mol. The zero-order valence-electron chi connectivity index (χ0n) is 10.0. The van der Waals surface area contributed by atoms with Crippen LogP contribution in [0.15, 0.2) is 22.7 Å². The van der Waals surface area contributed by atoms with Gasteiger partial charge in [0.05, 0.1) is 16.0 Å². The minimum atomic E-state index is -2.96. The van der Waals surface area contributed by atoms with Gasteiger partial charge >= 0.3 is 0 Å². The second kappa shape index (κ2) is 5.58. The summed E-state index contributed by atoms with van der Waals surface area (Å²) in [6, 6.07) is 4.18. The standard InChI is InChI=1S/C12H13BrFNO3S/c13-10-6-9(1-2-11(10)14)15-12(16)5-8-3-4-19(17,18)7-8/h1-2,6,8H,3-5,7H2,(H,15,16). The fourth-order valence-corrected chi connectivity index (χ4v) is 4.32. The van der Waals surface area contributed by atoms with Crippen molar-refractivity contribution in [2.45, 2.75) is 12.8 Å². The van der Waals surface area contributed by atoms with Gasteiger partial charge in [-0.1, -0.05) is 0 Å². The predicted molar refractivity (Wildman–Crippen MR) is 74.1 cm³/mol. The first-order valence-corrected chi connectivity index (χ1v) is 8.42. The summed E-state index contributed by atoms with van der Waals surface area (Å²) in [4.78, 5) is 11.8. The highest BCUT2D eigenvalue weighted by molar-refractivity contribution is 9.10. The Morgan fingerprint density at radius 2 is 2.21 bits per heavy atom. The average Bonchev–Trinajstić information content (AvgIpc) is 2.63. The Labute approximate surface area is 119 Å². The Bertz CT molecular complexity index is 603. The molecule has 1 aliphatic rings. The van der Waals surface area contributed by atoms with E-state index in [1.807, 2.05) is 0 Å². The molecule has 0 saturated carbocycles. The van der Waals surface area contributed by atoms with E-state index in [4.69, 9.17) is 0 Å². The molecule has 1 saturated heterocycles. The third-order valence-electron chi connectivity index (χ3n) is 3.00. The van der Waals surface area contributed by atoms with Crippen LogP contribution in [0.5, 0.6) is 0 Å². The van der Waals surface area contributed by atoms with E-state index in [0.717, 1.165) is 0 Å². The van der Waals surface area contributed by atoms with Gasteiger partial charge < -0.3 is 5.32 Å². The Hall–Kier alpha value is -0.950. The second-order valence-electron chi connectivity index (χ2n) is 4.65. The Kier molecular flexibility index (Phi) is 4.25. The lowest BCUT2D eigenvalue weighted by molar-refractivity contribution is -0.116. The lowest BCUT2D eigenvalue weighted by Crippen LogP contribution is -2.17. The molecule has 0 bridgehead atoms. The fraction of sp³-hybridized carbons (Fsp3) is 0.417. The van der Waals surface area contributed by atoms with Gasteiger partial charge in [0.2, 0.25) is 5.91 Å². The second-order valence-corrected chi connectivity index (χ2v) is 7.73. The molecule has 1 aromatic carbocycles. The molecule has 0 aromatic heterocycles. The normalized spacial score (nSPS) is 21.3. The Morgan fingerprint density at radius 3 is 2.79 bits per heavy atom. The van der Waals surface area contributed by atoms with E-state index in [1.54, 1.807) is 0 Å². The van der Waals surface area contributed by atoms with Gasteiger partial charge in [-0.3, -0.25) is 4.79 Å². The van der Waals surface area contributed by atoms with Crippen molar-refractivity contribution in [3.63, 3.8) is 0 Å². The lowest BCUT2D eigenvalue weighted by Gasteiger charge is -2.09. The van der Waals surface area contributed by atoms with E-state index in [0.29, 0.717) is 12.1 Å². The zero-order chi connectivity index (χ0) is 14.0. The predicted octanol–water partition coefficient (Wildman–Crippen LogP) is 2.35. The minimum absolute atomic E-state index is 0.0769. The Morgan fingerprint density at radius 1 is 1.47 bits per heavy atom. The van der Waals surface area contributed by atoms with Crippen molar-refractivity contribution in [1.29, 1.82) is 0 Å². The molecule has 4 nitrogen and oxygen atoms in total. The van der Waals surface area contributed by atoms with Crippen LogP contribution in [-0.2, 0) is 14.6 Å². The molecule has 1 aromatic rings. The molecule has 2 rings (SSSR count). The van der Waals surface area contributed by atoms with Crippen molar-refractivity contribution < 1.29 is 17.6 Å². The first-order valence-electron chi connectivity index (χ1n) is 5.81. The van der Waals surface area contributed by atoms with Gasteiger partial charge in [-0.15, -0.1) is 0 Å². The SMILES string of the molecule is O=C(CC1CCS(=O)(=O)C1)Nc1ccc(F)c(Br)c1. The van der Waals surface area contributed by atoms with Crippen LogP contribution in [-0.4, -0.2) is 25.8 Å². The molecule has 1 fully saturated rings. The number of carbonyl (C=O) groups is 1. The summed E-state index contributed by atoms with van der Waals surface area (Å²) in [5, 5.41) is 2.63. The first kappa shape index (κ1) is 14.5. The van der Waals surface area contributed by atoms with Crippen molar-refractivity contribution in [1.82, 2.24) is 0 Å². The number of hydrogen-bond donors (Lipinski definition) is 1. The van der Waals surface area contributed by atoms with E-state index in [9.17, 15) is 17.6 Å². The van der Waals surface area contributed by atoms with Crippen molar-refractivity contribution in [3.8, 4) is 0 Å². The summed E-state index contributed by atoms with van der Waals surface area (Å²) in [6.07, 6.45) is 0.705. The third-order valence-corrected chi connectivity index (χ3v) is 5.45. The summed E-state index contributed by atoms with van der Waals surface area (Å²) < 4.78 is 35.9. The van der Waals surface area contributed by atoms with Crippen molar-refractivity contribution >= 4 is 37.4 Å². The van der Waals surface area contributed by atoms with Crippen LogP contribution in [0, 0.1) is 11.7 Å². The van der Waals surface area contributed by atoms with Crippen LogP contribution < -0.4 is 5.32 Å². The molecule has 1 unspecified atom stereocenters. The number of halogens is 2. The first-order chi connectivity index (χ1) is 8.85. The molecule has 1 atom stereocenters. The molecular weight excluding hydrogens is 337 g/mol. The summed E-state index contributed by atoms with van der Waals surface area (Å²) in [5.74, 6) is -0.532. The largest absolute Gasteiger partial charge is 0.326 e. The zero-order valence-corrected chi connectivity index (χ0v) is 12.4. The molecule has 0 radical (unpaired) electrons. The number of carbonyl (C=O) groups excluding carboxylic acids is 1.